The van der Waals surface area contributed by atoms with Crippen molar-refractivity contribution in [1.29, 1.82) is 0 Å². The van der Waals surface area contributed by atoms with Crippen LogP contribution in [0, 0.1) is 5.92 Å². The SMILES string of the molecule is CN(C(=O)c1ccc[nH]1)c1ccc(C(=O)c2ccc(NC(=O)c3ccc(N4CCN(C(=O)C5CC5)CC4)cc3)cc2)cc1. The molecule has 2 N–H and O–H groups in total. The van der Waals surface area contributed by atoms with Crippen LogP contribution in [-0.2, 0) is 4.79 Å². The number of carbonyl (C=O) groups excluding carboxylic acids is 4. The van der Waals surface area contributed by atoms with Crippen LogP contribution in [0.2, 0.25) is 0 Å². The normalized spacial score (nSPS) is 14.7. The lowest BCUT2D eigenvalue weighted by molar-refractivity contribution is -0.132. The zero-order valence-corrected chi connectivity index (χ0v) is 24.0. The summed E-state index contributed by atoms with van der Waals surface area (Å²) in [6, 6.07) is 24.6. The fourth-order valence-electron chi connectivity index (χ4n) is 5.27. The molecule has 2 fully saturated rings. The van der Waals surface area contributed by atoms with Crippen molar-refractivity contribution in [3.05, 3.63) is 114 Å². The predicted octanol–water partition coefficient (Wildman–Crippen LogP) is 4.83. The quantitative estimate of drug-likeness (QED) is 0.293. The summed E-state index contributed by atoms with van der Waals surface area (Å²) in [7, 11) is 1.68. The maximum atomic E-state index is 13.1. The lowest BCUT2D eigenvalue weighted by atomic mass is 10.0. The first-order chi connectivity index (χ1) is 20.9. The van der Waals surface area contributed by atoms with Crippen molar-refractivity contribution < 1.29 is 19.2 Å². The minimum atomic E-state index is -0.237. The summed E-state index contributed by atoms with van der Waals surface area (Å²) in [4.78, 5) is 59.4. The van der Waals surface area contributed by atoms with Gasteiger partial charge in [-0.1, -0.05) is 0 Å². The number of anilines is 3. The Kier molecular flexibility index (Phi) is 7.79. The standard InChI is InChI=1S/C34H33N5O4/c1-37(34(43)30-3-2-18-35-30)28-14-8-24(9-15-28)31(40)23-6-12-27(13-7-23)36-32(41)25-10-16-29(17-11-25)38-19-21-39(22-20-38)33(42)26-4-5-26/h2-3,6-18,26,35H,4-5,19-22H2,1H3,(H,36,41). The predicted molar refractivity (Wildman–Crippen MR) is 166 cm³/mol. The van der Waals surface area contributed by atoms with E-state index < -0.39 is 0 Å². The summed E-state index contributed by atoms with van der Waals surface area (Å²) in [5.74, 6) is -0.0195. The summed E-state index contributed by atoms with van der Waals surface area (Å²) in [5, 5.41) is 2.89. The van der Waals surface area contributed by atoms with Crippen molar-refractivity contribution in [2.75, 3.05) is 48.3 Å². The smallest absolute Gasteiger partial charge is 0.274 e. The molecule has 1 aliphatic carbocycles. The summed E-state index contributed by atoms with van der Waals surface area (Å²) in [5.41, 5.74) is 4.30. The van der Waals surface area contributed by atoms with Crippen molar-refractivity contribution in [1.82, 2.24) is 9.88 Å². The molecule has 2 heterocycles. The highest BCUT2D eigenvalue weighted by molar-refractivity contribution is 6.10. The molecule has 1 aliphatic heterocycles. The number of nitrogens with zero attached hydrogens (tertiary/aromatic N) is 3. The van der Waals surface area contributed by atoms with E-state index in [0.717, 1.165) is 44.7 Å². The Morgan fingerprint density at radius 3 is 1.95 bits per heavy atom. The van der Waals surface area contributed by atoms with Crippen molar-refractivity contribution in [3.8, 4) is 0 Å². The van der Waals surface area contributed by atoms with E-state index >= 15 is 0 Å². The Bertz CT molecular complexity index is 1620. The number of H-pyrrole nitrogens is 1. The van der Waals surface area contributed by atoms with Gasteiger partial charge in [-0.2, -0.15) is 0 Å². The summed E-state index contributed by atoms with van der Waals surface area (Å²) in [6.07, 6.45) is 3.75. The highest BCUT2D eigenvalue weighted by Crippen LogP contribution is 2.31. The number of ketones is 1. The minimum absolute atomic E-state index is 0.156. The Balaban J connectivity index is 1.02. The number of aromatic amines is 1. The highest BCUT2D eigenvalue weighted by Gasteiger charge is 2.34. The number of aromatic nitrogens is 1. The molecule has 0 bridgehead atoms. The third-order valence-electron chi connectivity index (χ3n) is 8.07. The van der Waals surface area contributed by atoms with E-state index in [2.05, 4.69) is 15.2 Å². The van der Waals surface area contributed by atoms with E-state index in [-0.39, 0.29) is 23.5 Å². The van der Waals surface area contributed by atoms with Crippen LogP contribution in [0.5, 0.6) is 0 Å². The minimum Gasteiger partial charge on any atom is -0.368 e. The summed E-state index contributed by atoms with van der Waals surface area (Å²) < 4.78 is 0. The lowest BCUT2D eigenvalue weighted by Gasteiger charge is -2.36. The first kappa shape index (κ1) is 28.0. The molecule has 1 saturated heterocycles. The molecule has 1 aromatic heterocycles. The molecule has 3 amide bonds. The van der Waals surface area contributed by atoms with Gasteiger partial charge in [0.15, 0.2) is 5.78 Å². The number of rotatable bonds is 8. The fraction of sp³-hybridized carbons (Fsp3) is 0.235. The highest BCUT2D eigenvalue weighted by atomic mass is 16.2. The van der Waals surface area contributed by atoms with E-state index in [1.807, 2.05) is 17.0 Å². The van der Waals surface area contributed by atoms with Crippen LogP contribution in [0.1, 0.15) is 49.6 Å². The third-order valence-corrected chi connectivity index (χ3v) is 8.07. The van der Waals surface area contributed by atoms with E-state index in [9.17, 15) is 19.2 Å². The maximum Gasteiger partial charge on any atom is 0.274 e. The first-order valence-electron chi connectivity index (χ1n) is 14.5. The van der Waals surface area contributed by atoms with E-state index in [4.69, 9.17) is 0 Å². The van der Waals surface area contributed by atoms with Crippen LogP contribution in [0.15, 0.2) is 91.1 Å². The Morgan fingerprint density at radius 1 is 0.767 bits per heavy atom. The lowest BCUT2D eigenvalue weighted by Crippen LogP contribution is -2.49. The molecular weight excluding hydrogens is 542 g/mol. The number of hydrogen-bond acceptors (Lipinski definition) is 5. The van der Waals surface area contributed by atoms with Crippen LogP contribution in [0.4, 0.5) is 17.1 Å². The Hall–Kier alpha value is -5.18. The number of carbonyl (C=O) groups is 4. The number of amides is 3. The number of benzene rings is 3. The van der Waals surface area contributed by atoms with Crippen molar-refractivity contribution in [2.24, 2.45) is 5.92 Å². The van der Waals surface area contributed by atoms with E-state index in [0.29, 0.717) is 39.7 Å². The fourth-order valence-corrected chi connectivity index (χ4v) is 5.27. The molecular formula is C34H33N5O4. The Morgan fingerprint density at radius 2 is 1.37 bits per heavy atom. The molecule has 43 heavy (non-hydrogen) atoms. The van der Waals surface area contributed by atoms with E-state index in [1.165, 1.54) is 4.90 Å². The number of nitrogens with one attached hydrogen (secondary N) is 2. The molecule has 3 aromatic carbocycles. The molecule has 9 nitrogen and oxygen atoms in total. The average Bonchev–Trinajstić information content (AvgIpc) is 3.77. The molecule has 0 unspecified atom stereocenters. The average molecular weight is 576 g/mol. The summed E-state index contributed by atoms with van der Waals surface area (Å²) >= 11 is 0. The number of hydrogen-bond donors (Lipinski definition) is 2. The van der Waals surface area contributed by atoms with Gasteiger partial charge in [0.2, 0.25) is 5.91 Å². The van der Waals surface area contributed by atoms with Gasteiger partial charge in [0.05, 0.1) is 0 Å². The first-order valence-corrected chi connectivity index (χ1v) is 14.5. The molecule has 218 valence electrons. The molecule has 4 aromatic rings. The molecule has 6 rings (SSSR count). The molecule has 1 saturated carbocycles. The van der Waals surface area contributed by atoms with Gasteiger partial charge in [0.1, 0.15) is 5.69 Å². The number of piperazine rings is 1. The molecule has 9 heteroatoms. The third kappa shape index (κ3) is 6.21. The topological polar surface area (TPSA) is 106 Å². The van der Waals surface area contributed by atoms with Crippen molar-refractivity contribution in [3.63, 3.8) is 0 Å². The van der Waals surface area contributed by atoms with Crippen LogP contribution in [0.25, 0.3) is 0 Å². The van der Waals surface area contributed by atoms with Gasteiger partial charge in [0, 0.05) is 79.1 Å². The van der Waals surface area contributed by atoms with Crippen LogP contribution in [-0.4, -0.2) is 66.6 Å². The Labute approximate surface area is 250 Å². The van der Waals surface area contributed by atoms with E-state index in [1.54, 1.807) is 86.0 Å². The molecule has 2 aliphatic rings. The van der Waals surface area contributed by atoms with Crippen LogP contribution < -0.4 is 15.1 Å². The molecule has 0 atom stereocenters. The van der Waals surface area contributed by atoms with Gasteiger partial charge in [-0.05, 0) is 97.8 Å². The second-order valence-corrected chi connectivity index (χ2v) is 11.0. The van der Waals surface area contributed by atoms with Gasteiger partial charge >= 0.3 is 0 Å². The zero-order valence-electron chi connectivity index (χ0n) is 24.0. The maximum absolute atomic E-state index is 13.1. The van der Waals surface area contributed by atoms with Crippen LogP contribution >= 0.6 is 0 Å². The van der Waals surface area contributed by atoms with Crippen molar-refractivity contribution >= 4 is 40.6 Å². The summed E-state index contributed by atoms with van der Waals surface area (Å²) in [6.45, 7) is 3.02. The van der Waals surface area contributed by atoms with Crippen LogP contribution in [0.3, 0.4) is 0 Å². The second-order valence-electron chi connectivity index (χ2n) is 11.0. The molecule has 0 spiro atoms. The monoisotopic (exact) mass is 575 g/mol. The van der Waals surface area contributed by atoms with Gasteiger partial charge in [-0.3, -0.25) is 19.2 Å². The van der Waals surface area contributed by atoms with Crippen molar-refractivity contribution in [2.45, 2.75) is 12.8 Å². The van der Waals surface area contributed by atoms with Gasteiger partial charge in [-0.15, -0.1) is 0 Å². The van der Waals surface area contributed by atoms with Gasteiger partial charge in [0.25, 0.3) is 11.8 Å². The van der Waals surface area contributed by atoms with Gasteiger partial charge < -0.3 is 25.0 Å². The molecule has 0 radical (unpaired) electrons. The zero-order chi connectivity index (χ0) is 29.9. The largest absolute Gasteiger partial charge is 0.368 e. The second kappa shape index (κ2) is 12.0. The van der Waals surface area contributed by atoms with Gasteiger partial charge in [-0.25, -0.2) is 0 Å².